The van der Waals surface area contributed by atoms with E-state index in [1.54, 1.807) is 14.2 Å². The molecule has 0 fully saturated rings. The van der Waals surface area contributed by atoms with Gasteiger partial charge in [0.05, 0.1) is 32.6 Å². The molecule has 0 aliphatic carbocycles. The minimum absolute atomic E-state index is 0.0760. The normalized spacial score (nSPS) is 14.4. The van der Waals surface area contributed by atoms with Crippen molar-refractivity contribution in [3.05, 3.63) is 95.2 Å². The highest BCUT2D eigenvalue weighted by molar-refractivity contribution is 6.00. The van der Waals surface area contributed by atoms with Gasteiger partial charge in [0.2, 0.25) is 0 Å². The second-order valence-corrected chi connectivity index (χ2v) is 9.40. The minimum Gasteiger partial charge on any atom is -0.497 e. The molecule has 0 bridgehead atoms. The number of hydrogen-bond donors (Lipinski definition) is 1. The van der Waals surface area contributed by atoms with Gasteiger partial charge in [-0.15, -0.1) is 0 Å². The summed E-state index contributed by atoms with van der Waals surface area (Å²) < 4.78 is 16.6. The van der Waals surface area contributed by atoms with E-state index in [9.17, 15) is 4.79 Å². The molecule has 1 aromatic heterocycles. The number of benzene rings is 3. The largest absolute Gasteiger partial charge is 0.497 e. The lowest BCUT2D eigenvalue weighted by atomic mass is 9.95. The summed E-state index contributed by atoms with van der Waals surface area (Å²) in [7, 11) is 3.29. The van der Waals surface area contributed by atoms with E-state index in [-0.39, 0.29) is 11.9 Å². The maximum absolute atomic E-state index is 13.7. The average molecular weight is 512 g/mol. The molecule has 2 heterocycles. The van der Waals surface area contributed by atoms with Crippen molar-refractivity contribution in [1.29, 1.82) is 0 Å². The molecule has 7 heteroatoms. The van der Waals surface area contributed by atoms with Crippen LogP contribution in [0.4, 0.5) is 0 Å². The molecule has 1 unspecified atom stereocenters. The van der Waals surface area contributed by atoms with Crippen LogP contribution in [0, 0.1) is 0 Å². The molecular formula is C31H33N3O4. The Kier molecular flexibility index (Phi) is 7.63. The maximum atomic E-state index is 13.7. The molecule has 0 saturated carbocycles. The molecule has 0 saturated heterocycles. The van der Waals surface area contributed by atoms with Crippen molar-refractivity contribution in [3.63, 3.8) is 0 Å². The number of carbonyl (C=O) groups excluding carboxylic acids is 1. The predicted octanol–water partition coefficient (Wildman–Crippen LogP) is 6.41. The number of nitrogens with one attached hydrogen (secondary N) is 1. The van der Waals surface area contributed by atoms with Gasteiger partial charge in [-0.2, -0.15) is 5.10 Å². The number of fused-ring (bicyclic) bond motifs is 1. The summed E-state index contributed by atoms with van der Waals surface area (Å²) in [5.41, 5.74) is 5.10. The highest BCUT2D eigenvalue weighted by atomic mass is 16.5. The first-order valence-electron chi connectivity index (χ1n) is 13.0. The van der Waals surface area contributed by atoms with Crippen LogP contribution in [0.3, 0.4) is 0 Å². The van der Waals surface area contributed by atoms with Crippen molar-refractivity contribution in [1.82, 2.24) is 15.1 Å². The Hall–Kier alpha value is -4.26. The van der Waals surface area contributed by atoms with E-state index in [0.717, 1.165) is 64.5 Å². The van der Waals surface area contributed by atoms with Crippen molar-refractivity contribution in [2.45, 2.75) is 38.8 Å². The second-order valence-electron chi connectivity index (χ2n) is 9.40. The zero-order valence-corrected chi connectivity index (χ0v) is 22.1. The molecule has 196 valence electrons. The molecule has 4 aromatic rings. The van der Waals surface area contributed by atoms with Crippen LogP contribution >= 0.6 is 0 Å². The molecule has 0 spiro atoms. The number of carbonyl (C=O) groups is 1. The molecule has 5 rings (SSSR count). The first-order valence-corrected chi connectivity index (χ1v) is 13.0. The summed E-state index contributed by atoms with van der Waals surface area (Å²) in [6.45, 7) is 3.33. The van der Waals surface area contributed by atoms with Crippen molar-refractivity contribution in [3.8, 4) is 28.5 Å². The van der Waals surface area contributed by atoms with Crippen LogP contribution in [-0.4, -0.2) is 41.8 Å². The van der Waals surface area contributed by atoms with E-state index in [1.807, 2.05) is 77.7 Å². The Bertz CT molecular complexity index is 1360. The third kappa shape index (κ3) is 5.09. The lowest BCUT2D eigenvalue weighted by Crippen LogP contribution is -2.29. The van der Waals surface area contributed by atoms with Gasteiger partial charge in [0.15, 0.2) is 0 Å². The standard InChI is InChI=1S/C31H33N3O4/c1-4-5-6-19-38-26-17-11-23(12-18-26)30-27-28(22-9-15-25(37-3)16-10-22)32-33-29(27)31(35)34(30)20-21-7-13-24(36-2)14-8-21/h7-18,30H,4-6,19-20H2,1-3H3,(H,32,33). The molecule has 38 heavy (non-hydrogen) atoms. The SMILES string of the molecule is CCCCCOc1ccc(C2c3c(-c4ccc(OC)cc4)n[nH]c3C(=O)N2Cc2ccc(OC)cc2)cc1. The fourth-order valence-corrected chi connectivity index (χ4v) is 4.89. The van der Waals surface area contributed by atoms with E-state index in [0.29, 0.717) is 18.8 Å². The number of unbranched alkanes of at least 4 members (excludes halogenated alkanes) is 2. The number of nitrogens with zero attached hydrogens (tertiary/aromatic N) is 2. The van der Waals surface area contributed by atoms with Crippen molar-refractivity contribution in [2.75, 3.05) is 20.8 Å². The van der Waals surface area contributed by atoms with Crippen molar-refractivity contribution in [2.24, 2.45) is 0 Å². The van der Waals surface area contributed by atoms with Crippen LogP contribution < -0.4 is 14.2 Å². The monoisotopic (exact) mass is 511 g/mol. The summed E-state index contributed by atoms with van der Waals surface area (Å²) in [4.78, 5) is 15.6. The van der Waals surface area contributed by atoms with E-state index >= 15 is 0 Å². The first-order chi connectivity index (χ1) is 18.6. The van der Waals surface area contributed by atoms with E-state index in [4.69, 9.17) is 14.2 Å². The van der Waals surface area contributed by atoms with Gasteiger partial charge in [0, 0.05) is 17.7 Å². The minimum atomic E-state index is -0.301. The quantitative estimate of drug-likeness (QED) is 0.236. The number of rotatable bonds is 11. The Labute approximate surface area is 223 Å². The lowest BCUT2D eigenvalue weighted by Gasteiger charge is -2.27. The zero-order valence-electron chi connectivity index (χ0n) is 22.1. The fourth-order valence-electron chi connectivity index (χ4n) is 4.89. The number of aromatic amines is 1. The second kappa shape index (κ2) is 11.4. The Morgan fingerprint density at radius 3 is 2.11 bits per heavy atom. The molecule has 1 N–H and O–H groups in total. The predicted molar refractivity (Wildman–Crippen MR) is 147 cm³/mol. The number of H-pyrrole nitrogens is 1. The van der Waals surface area contributed by atoms with E-state index in [1.165, 1.54) is 0 Å². The molecule has 7 nitrogen and oxygen atoms in total. The number of ether oxygens (including phenoxy) is 3. The zero-order chi connectivity index (χ0) is 26.5. The van der Waals surface area contributed by atoms with Gasteiger partial charge in [-0.05, 0) is 66.1 Å². The molecule has 1 amide bonds. The first kappa shape index (κ1) is 25.4. The van der Waals surface area contributed by atoms with Crippen LogP contribution in [0.1, 0.15) is 59.4 Å². The summed E-state index contributed by atoms with van der Waals surface area (Å²) in [6, 6.07) is 23.3. The van der Waals surface area contributed by atoms with E-state index in [2.05, 4.69) is 17.1 Å². The summed E-state index contributed by atoms with van der Waals surface area (Å²) >= 11 is 0. The number of hydrogen-bond acceptors (Lipinski definition) is 5. The third-order valence-electron chi connectivity index (χ3n) is 6.95. The van der Waals surface area contributed by atoms with Gasteiger partial charge >= 0.3 is 0 Å². The average Bonchev–Trinajstić information content (AvgIpc) is 3.51. The summed E-state index contributed by atoms with van der Waals surface area (Å²) in [5, 5.41) is 7.61. The lowest BCUT2D eigenvalue weighted by molar-refractivity contribution is 0.0730. The highest BCUT2D eigenvalue weighted by Crippen LogP contribution is 2.44. The molecule has 3 aromatic carbocycles. The van der Waals surface area contributed by atoms with Crippen molar-refractivity contribution >= 4 is 5.91 Å². The number of amides is 1. The Morgan fingerprint density at radius 2 is 1.47 bits per heavy atom. The van der Waals surface area contributed by atoms with Crippen LogP contribution in [0.15, 0.2) is 72.8 Å². The van der Waals surface area contributed by atoms with Crippen molar-refractivity contribution < 1.29 is 19.0 Å². The fraction of sp³-hybridized carbons (Fsp3) is 0.290. The van der Waals surface area contributed by atoms with E-state index < -0.39 is 0 Å². The van der Waals surface area contributed by atoms with Crippen LogP contribution in [0.25, 0.3) is 11.3 Å². The van der Waals surface area contributed by atoms with Crippen LogP contribution in [0.2, 0.25) is 0 Å². The molecule has 0 radical (unpaired) electrons. The van der Waals surface area contributed by atoms with Gasteiger partial charge in [0.25, 0.3) is 5.91 Å². The number of aromatic nitrogens is 2. The van der Waals surface area contributed by atoms with Gasteiger partial charge < -0.3 is 19.1 Å². The highest BCUT2D eigenvalue weighted by Gasteiger charge is 2.42. The van der Waals surface area contributed by atoms with Gasteiger partial charge in [-0.1, -0.05) is 44.0 Å². The maximum Gasteiger partial charge on any atom is 0.273 e. The molecule has 1 aliphatic rings. The smallest absolute Gasteiger partial charge is 0.273 e. The molecule has 1 aliphatic heterocycles. The molecular weight excluding hydrogens is 478 g/mol. The van der Waals surface area contributed by atoms with Crippen LogP contribution in [-0.2, 0) is 6.54 Å². The van der Waals surface area contributed by atoms with Gasteiger partial charge in [-0.3, -0.25) is 9.89 Å². The molecule has 1 atom stereocenters. The Morgan fingerprint density at radius 1 is 0.842 bits per heavy atom. The Balaban J connectivity index is 1.50. The van der Waals surface area contributed by atoms with Crippen LogP contribution in [0.5, 0.6) is 17.2 Å². The topological polar surface area (TPSA) is 76.7 Å². The van der Waals surface area contributed by atoms with Gasteiger partial charge in [0.1, 0.15) is 22.9 Å². The van der Waals surface area contributed by atoms with Gasteiger partial charge in [-0.25, -0.2) is 0 Å². The number of methoxy groups -OCH3 is 2. The summed E-state index contributed by atoms with van der Waals surface area (Å²) in [5.74, 6) is 2.31. The third-order valence-corrected chi connectivity index (χ3v) is 6.95. The summed E-state index contributed by atoms with van der Waals surface area (Å²) in [6.07, 6.45) is 3.35.